The molecule has 0 radical (unpaired) electrons. The number of amides is 1. The van der Waals surface area contributed by atoms with Crippen LogP contribution in [0.2, 0.25) is 0 Å². The second-order valence-corrected chi connectivity index (χ2v) is 5.42. The smallest absolute Gasteiger partial charge is 0.229 e. The van der Waals surface area contributed by atoms with Crippen LogP contribution in [-0.2, 0) is 11.2 Å². The molecule has 6 heteroatoms. The van der Waals surface area contributed by atoms with Gasteiger partial charge in [0.15, 0.2) is 5.82 Å². The third-order valence-corrected chi connectivity index (χ3v) is 3.72. The predicted molar refractivity (Wildman–Crippen MR) is 95.4 cm³/mol. The minimum Gasteiger partial charge on any atom is -0.497 e. The van der Waals surface area contributed by atoms with E-state index >= 15 is 0 Å². The van der Waals surface area contributed by atoms with Gasteiger partial charge in [-0.3, -0.25) is 4.79 Å². The lowest BCUT2D eigenvalue weighted by atomic mass is 10.1. The zero-order valence-electron chi connectivity index (χ0n) is 14.1. The van der Waals surface area contributed by atoms with Crippen LogP contribution in [0.5, 0.6) is 11.5 Å². The minimum absolute atomic E-state index is 0.120. The summed E-state index contributed by atoms with van der Waals surface area (Å²) in [7, 11) is 3.24. The monoisotopic (exact) mass is 337 g/mol. The van der Waals surface area contributed by atoms with Gasteiger partial charge in [0.2, 0.25) is 5.91 Å². The number of ether oxygens (including phenoxy) is 2. The van der Waals surface area contributed by atoms with E-state index in [0.717, 1.165) is 22.7 Å². The lowest BCUT2D eigenvalue weighted by Crippen LogP contribution is -2.15. The molecular formula is C19H19N3O3. The molecule has 0 fully saturated rings. The van der Waals surface area contributed by atoms with Gasteiger partial charge in [-0.1, -0.05) is 12.1 Å². The summed E-state index contributed by atoms with van der Waals surface area (Å²) in [6.45, 7) is 0. The average Bonchev–Trinajstić information content (AvgIpc) is 3.10. The van der Waals surface area contributed by atoms with E-state index in [1.54, 1.807) is 31.2 Å². The third kappa shape index (κ3) is 4.17. The predicted octanol–water partition coefficient (Wildman–Crippen LogP) is 3.07. The summed E-state index contributed by atoms with van der Waals surface area (Å²) in [5.41, 5.74) is 1.80. The standard InChI is InChI=1S/C19H19N3O3/c1-24-16-7-3-14(4-8-16)13-19(23)20-18-11-12-22(21-18)15-5-9-17(25-2)10-6-15/h3-12H,13H2,1-2H3,(H,20,21,23). The van der Waals surface area contributed by atoms with Gasteiger partial charge in [0.1, 0.15) is 11.5 Å². The fraction of sp³-hybridized carbons (Fsp3) is 0.158. The Balaban J connectivity index is 1.62. The quantitative estimate of drug-likeness (QED) is 0.751. The van der Waals surface area contributed by atoms with E-state index < -0.39 is 0 Å². The van der Waals surface area contributed by atoms with E-state index in [1.807, 2.05) is 48.5 Å². The zero-order chi connectivity index (χ0) is 17.6. The number of nitrogens with zero attached hydrogens (tertiary/aromatic N) is 2. The number of carbonyl (C=O) groups excluding carboxylic acids is 1. The van der Waals surface area contributed by atoms with Crippen molar-refractivity contribution in [2.75, 3.05) is 19.5 Å². The Morgan fingerprint density at radius 3 is 2.16 bits per heavy atom. The molecule has 3 rings (SSSR count). The Hall–Kier alpha value is -3.28. The number of anilines is 1. The van der Waals surface area contributed by atoms with Crippen molar-refractivity contribution in [1.29, 1.82) is 0 Å². The van der Waals surface area contributed by atoms with Crippen LogP contribution < -0.4 is 14.8 Å². The van der Waals surface area contributed by atoms with Gasteiger partial charge in [-0.15, -0.1) is 0 Å². The molecule has 3 aromatic rings. The number of aromatic nitrogens is 2. The summed E-state index contributed by atoms with van der Waals surface area (Å²) in [5, 5.41) is 7.17. The number of nitrogens with one attached hydrogen (secondary N) is 1. The van der Waals surface area contributed by atoms with E-state index in [-0.39, 0.29) is 12.3 Å². The molecule has 128 valence electrons. The number of benzene rings is 2. The summed E-state index contributed by atoms with van der Waals surface area (Å²) in [6, 6.07) is 16.7. The Kier molecular flexibility index (Phi) is 4.99. The van der Waals surface area contributed by atoms with E-state index in [2.05, 4.69) is 10.4 Å². The van der Waals surface area contributed by atoms with Gasteiger partial charge in [0.25, 0.3) is 0 Å². The fourth-order valence-corrected chi connectivity index (χ4v) is 2.39. The van der Waals surface area contributed by atoms with Crippen molar-refractivity contribution in [2.45, 2.75) is 6.42 Å². The van der Waals surface area contributed by atoms with Gasteiger partial charge < -0.3 is 14.8 Å². The lowest BCUT2D eigenvalue weighted by Gasteiger charge is -2.05. The highest BCUT2D eigenvalue weighted by molar-refractivity contribution is 5.91. The Bertz CT molecular complexity index is 839. The van der Waals surface area contributed by atoms with Gasteiger partial charge in [-0.05, 0) is 42.0 Å². The van der Waals surface area contributed by atoms with Crippen molar-refractivity contribution in [3.8, 4) is 17.2 Å². The number of carbonyl (C=O) groups is 1. The minimum atomic E-state index is -0.120. The number of methoxy groups -OCH3 is 2. The summed E-state index contributed by atoms with van der Waals surface area (Å²) < 4.78 is 11.9. The highest BCUT2D eigenvalue weighted by atomic mass is 16.5. The SMILES string of the molecule is COc1ccc(CC(=O)Nc2ccn(-c3ccc(OC)cc3)n2)cc1. The Morgan fingerprint density at radius 1 is 0.960 bits per heavy atom. The van der Waals surface area contributed by atoms with Gasteiger partial charge in [-0.2, -0.15) is 5.10 Å². The Labute approximate surface area is 146 Å². The van der Waals surface area contributed by atoms with Crippen molar-refractivity contribution < 1.29 is 14.3 Å². The van der Waals surface area contributed by atoms with Crippen LogP contribution in [0.4, 0.5) is 5.82 Å². The van der Waals surface area contributed by atoms with E-state index in [4.69, 9.17) is 9.47 Å². The number of hydrogen-bond acceptors (Lipinski definition) is 4. The van der Waals surface area contributed by atoms with Crippen LogP contribution in [-0.4, -0.2) is 29.9 Å². The molecule has 25 heavy (non-hydrogen) atoms. The van der Waals surface area contributed by atoms with Crippen LogP contribution in [0, 0.1) is 0 Å². The van der Waals surface area contributed by atoms with E-state index in [0.29, 0.717) is 5.82 Å². The molecule has 0 atom stereocenters. The van der Waals surface area contributed by atoms with Gasteiger partial charge in [0, 0.05) is 12.3 Å². The molecule has 1 heterocycles. The third-order valence-electron chi connectivity index (χ3n) is 3.72. The lowest BCUT2D eigenvalue weighted by molar-refractivity contribution is -0.115. The van der Waals surface area contributed by atoms with Crippen LogP contribution >= 0.6 is 0 Å². The number of hydrogen-bond donors (Lipinski definition) is 1. The summed E-state index contributed by atoms with van der Waals surface area (Å²) in [5.74, 6) is 1.94. The first-order valence-corrected chi connectivity index (χ1v) is 7.81. The number of rotatable bonds is 6. The topological polar surface area (TPSA) is 65.4 Å². The highest BCUT2D eigenvalue weighted by Crippen LogP contribution is 2.16. The first-order valence-electron chi connectivity index (χ1n) is 7.81. The van der Waals surface area contributed by atoms with Crippen LogP contribution in [0.1, 0.15) is 5.56 Å². The van der Waals surface area contributed by atoms with Crippen molar-refractivity contribution >= 4 is 11.7 Å². The van der Waals surface area contributed by atoms with E-state index in [1.165, 1.54) is 0 Å². The van der Waals surface area contributed by atoms with Gasteiger partial charge in [-0.25, -0.2) is 4.68 Å². The normalized spacial score (nSPS) is 10.3. The van der Waals surface area contributed by atoms with Crippen molar-refractivity contribution in [3.63, 3.8) is 0 Å². The molecule has 1 aromatic heterocycles. The van der Waals surface area contributed by atoms with Crippen molar-refractivity contribution in [2.24, 2.45) is 0 Å². The van der Waals surface area contributed by atoms with Crippen LogP contribution in [0.15, 0.2) is 60.8 Å². The van der Waals surface area contributed by atoms with Gasteiger partial charge in [0.05, 0.1) is 26.3 Å². The van der Waals surface area contributed by atoms with Crippen molar-refractivity contribution in [1.82, 2.24) is 9.78 Å². The molecule has 1 amide bonds. The molecule has 6 nitrogen and oxygen atoms in total. The maximum absolute atomic E-state index is 12.2. The summed E-state index contributed by atoms with van der Waals surface area (Å²) >= 11 is 0. The maximum atomic E-state index is 12.2. The van der Waals surface area contributed by atoms with Gasteiger partial charge >= 0.3 is 0 Å². The second-order valence-electron chi connectivity index (χ2n) is 5.42. The van der Waals surface area contributed by atoms with Crippen molar-refractivity contribution in [3.05, 3.63) is 66.4 Å². The molecule has 0 saturated heterocycles. The average molecular weight is 337 g/mol. The first-order chi connectivity index (χ1) is 12.2. The molecule has 0 aliphatic heterocycles. The molecule has 0 unspecified atom stereocenters. The van der Waals surface area contributed by atoms with Crippen LogP contribution in [0.3, 0.4) is 0 Å². The molecule has 1 N–H and O–H groups in total. The largest absolute Gasteiger partial charge is 0.497 e. The molecule has 0 saturated carbocycles. The molecule has 2 aromatic carbocycles. The molecular weight excluding hydrogens is 318 g/mol. The fourth-order valence-electron chi connectivity index (χ4n) is 2.39. The maximum Gasteiger partial charge on any atom is 0.229 e. The molecule has 0 aliphatic rings. The summed E-state index contributed by atoms with van der Waals surface area (Å²) in [6.07, 6.45) is 2.07. The molecule has 0 bridgehead atoms. The summed E-state index contributed by atoms with van der Waals surface area (Å²) in [4.78, 5) is 12.2. The second kappa shape index (κ2) is 7.53. The zero-order valence-corrected chi connectivity index (χ0v) is 14.1. The molecule has 0 spiro atoms. The Morgan fingerprint density at radius 2 is 1.56 bits per heavy atom. The first kappa shape index (κ1) is 16.6. The van der Waals surface area contributed by atoms with E-state index in [9.17, 15) is 4.79 Å². The highest BCUT2D eigenvalue weighted by Gasteiger charge is 2.07. The molecule has 0 aliphatic carbocycles. The van der Waals surface area contributed by atoms with Crippen LogP contribution in [0.25, 0.3) is 5.69 Å².